The number of rotatable bonds is 4. The number of ether oxygens (including phenoxy) is 2. The molecule has 0 spiro atoms. The van der Waals surface area contributed by atoms with Gasteiger partial charge in [-0.2, -0.15) is 5.26 Å². The van der Waals surface area contributed by atoms with E-state index in [0.717, 1.165) is 11.3 Å². The lowest BCUT2D eigenvalue weighted by Crippen LogP contribution is -2.50. The van der Waals surface area contributed by atoms with Gasteiger partial charge < -0.3 is 19.3 Å². The van der Waals surface area contributed by atoms with Crippen LogP contribution in [-0.4, -0.2) is 42.8 Å². The van der Waals surface area contributed by atoms with Crippen molar-refractivity contribution in [2.24, 2.45) is 0 Å². The Hall–Kier alpha value is -3.20. The molecule has 1 heterocycles. The van der Waals surface area contributed by atoms with Crippen molar-refractivity contribution in [1.82, 2.24) is 4.90 Å². The Morgan fingerprint density at radius 3 is 2.38 bits per heavy atom. The first-order chi connectivity index (χ1) is 13.9. The van der Waals surface area contributed by atoms with Crippen LogP contribution in [0.5, 0.6) is 5.75 Å². The zero-order valence-corrected chi connectivity index (χ0v) is 17.2. The number of carbonyl (C=O) groups excluding carboxylic acids is 1. The lowest BCUT2D eigenvalue weighted by molar-refractivity contribution is 0.0240. The highest BCUT2D eigenvalue weighted by Crippen LogP contribution is 2.31. The Morgan fingerprint density at radius 1 is 1.07 bits per heavy atom. The van der Waals surface area contributed by atoms with E-state index in [1.54, 1.807) is 17.0 Å². The van der Waals surface area contributed by atoms with E-state index < -0.39 is 5.60 Å². The molecule has 0 saturated carbocycles. The van der Waals surface area contributed by atoms with Gasteiger partial charge >= 0.3 is 6.09 Å². The zero-order chi connectivity index (χ0) is 20.9. The predicted molar refractivity (Wildman–Crippen MR) is 112 cm³/mol. The second-order valence-electron chi connectivity index (χ2n) is 8.02. The van der Waals surface area contributed by atoms with E-state index in [1.165, 1.54) is 0 Å². The molecule has 1 amide bonds. The van der Waals surface area contributed by atoms with Crippen LogP contribution in [0, 0.1) is 11.3 Å². The molecule has 1 aliphatic heterocycles. The van der Waals surface area contributed by atoms with Gasteiger partial charge in [0.1, 0.15) is 18.0 Å². The summed E-state index contributed by atoms with van der Waals surface area (Å²) in [7, 11) is 0. The first-order valence-electron chi connectivity index (χ1n) is 9.79. The summed E-state index contributed by atoms with van der Waals surface area (Å²) in [4.78, 5) is 16.2. The van der Waals surface area contributed by atoms with Crippen LogP contribution in [-0.2, 0) is 11.3 Å². The fourth-order valence-corrected chi connectivity index (χ4v) is 3.15. The number of carbonyl (C=O) groups is 1. The van der Waals surface area contributed by atoms with Crippen LogP contribution in [0.4, 0.5) is 10.5 Å². The number of hydrogen-bond acceptors (Lipinski definition) is 5. The van der Waals surface area contributed by atoms with E-state index in [0.29, 0.717) is 44.1 Å². The van der Waals surface area contributed by atoms with E-state index in [4.69, 9.17) is 9.47 Å². The molecule has 0 unspecified atom stereocenters. The van der Waals surface area contributed by atoms with E-state index in [2.05, 4.69) is 11.0 Å². The van der Waals surface area contributed by atoms with Crippen LogP contribution in [0.2, 0.25) is 0 Å². The van der Waals surface area contributed by atoms with Gasteiger partial charge in [0.05, 0.1) is 17.3 Å². The molecule has 0 bridgehead atoms. The summed E-state index contributed by atoms with van der Waals surface area (Å²) < 4.78 is 11.5. The lowest BCUT2D eigenvalue weighted by Gasteiger charge is -2.37. The van der Waals surface area contributed by atoms with Gasteiger partial charge in [-0.25, -0.2) is 4.79 Å². The highest BCUT2D eigenvalue weighted by atomic mass is 16.6. The molecule has 0 radical (unpaired) electrons. The molecule has 0 N–H and O–H groups in total. The topological polar surface area (TPSA) is 65.8 Å². The van der Waals surface area contributed by atoms with Gasteiger partial charge in [0.15, 0.2) is 0 Å². The maximum Gasteiger partial charge on any atom is 0.410 e. The van der Waals surface area contributed by atoms with Gasteiger partial charge in [0.2, 0.25) is 0 Å². The monoisotopic (exact) mass is 393 g/mol. The molecule has 3 rings (SSSR count). The van der Waals surface area contributed by atoms with Crippen molar-refractivity contribution in [2.75, 3.05) is 31.1 Å². The van der Waals surface area contributed by atoms with Gasteiger partial charge in [-0.1, -0.05) is 30.3 Å². The summed E-state index contributed by atoms with van der Waals surface area (Å²) in [6, 6.07) is 17.6. The lowest BCUT2D eigenvalue weighted by atomic mass is 10.1. The van der Waals surface area contributed by atoms with E-state index in [1.807, 2.05) is 57.2 Å². The Morgan fingerprint density at radius 2 is 1.76 bits per heavy atom. The molecule has 2 aromatic rings. The van der Waals surface area contributed by atoms with Gasteiger partial charge in [-0.05, 0) is 38.5 Å². The molecule has 1 aliphatic rings. The highest BCUT2D eigenvalue weighted by Gasteiger charge is 2.27. The third-order valence-electron chi connectivity index (χ3n) is 4.60. The minimum atomic E-state index is -0.500. The summed E-state index contributed by atoms with van der Waals surface area (Å²) in [5.41, 5.74) is 2.06. The summed E-state index contributed by atoms with van der Waals surface area (Å²) in [5, 5.41) is 9.26. The standard InChI is InChI=1S/C23H27N3O3/c1-23(2,3)29-22(27)26-13-11-25(12-14-26)20-10-9-19(16-24)15-21(20)28-17-18-7-5-4-6-8-18/h4-10,15H,11-14,17H2,1-3H3. The van der Waals surface area contributed by atoms with Crippen LogP contribution in [0.3, 0.4) is 0 Å². The van der Waals surface area contributed by atoms with Gasteiger partial charge in [0.25, 0.3) is 0 Å². The molecule has 29 heavy (non-hydrogen) atoms. The number of piperazine rings is 1. The van der Waals surface area contributed by atoms with Crippen molar-refractivity contribution in [3.63, 3.8) is 0 Å². The van der Waals surface area contributed by atoms with E-state index in [-0.39, 0.29) is 6.09 Å². The van der Waals surface area contributed by atoms with Crippen molar-refractivity contribution in [2.45, 2.75) is 33.0 Å². The minimum absolute atomic E-state index is 0.280. The summed E-state index contributed by atoms with van der Waals surface area (Å²) in [6.07, 6.45) is -0.280. The second kappa shape index (κ2) is 8.87. The van der Waals surface area contributed by atoms with E-state index in [9.17, 15) is 10.1 Å². The molecule has 6 heteroatoms. The summed E-state index contributed by atoms with van der Waals surface area (Å²) in [6.45, 7) is 8.54. The zero-order valence-electron chi connectivity index (χ0n) is 17.2. The molecular formula is C23H27N3O3. The maximum atomic E-state index is 12.3. The smallest absolute Gasteiger partial charge is 0.410 e. The predicted octanol–water partition coefficient (Wildman–Crippen LogP) is 4.19. The number of benzene rings is 2. The van der Waals surface area contributed by atoms with Gasteiger partial charge in [0, 0.05) is 32.2 Å². The number of amides is 1. The van der Waals surface area contributed by atoms with Crippen molar-refractivity contribution in [3.8, 4) is 11.8 Å². The third-order valence-corrected chi connectivity index (χ3v) is 4.60. The van der Waals surface area contributed by atoms with E-state index >= 15 is 0 Å². The first-order valence-corrected chi connectivity index (χ1v) is 9.79. The molecule has 0 aromatic heterocycles. The van der Waals surface area contributed by atoms with Crippen molar-refractivity contribution >= 4 is 11.8 Å². The number of nitrogens with zero attached hydrogens (tertiary/aromatic N) is 3. The Kier molecular flexibility index (Phi) is 6.28. The maximum absolute atomic E-state index is 12.3. The van der Waals surface area contributed by atoms with Crippen molar-refractivity contribution in [3.05, 3.63) is 59.7 Å². The average Bonchev–Trinajstić information content (AvgIpc) is 2.71. The van der Waals surface area contributed by atoms with Crippen LogP contribution in [0.15, 0.2) is 48.5 Å². The van der Waals surface area contributed by atoms with Crippen molar-refractivity contribution in [1.29, 1.82) is 5.26 Å². The third kappa shape index (κ3) is 5.64. The quantitative estimate of drug-likeness (QED) is 0.779. The molecule has 152 valence electrons. The molecule has 6 nitrogen and oxygen atoms in total. The summed E-state index contributed by atoms with van der Waals surface area (Å²) in [5.74, 6) is 0.679. The minimum Gasteiger partial charge on any atom is -0.487 e. The molecule has 0 atom stereocenters. The van der Waals surface area contributed by atoms with Crippen LogP contribution < -0.4 is 9.64 Å². The Balaban J connectivity index is 1.69. The normalized spacial score (nSPS) is 14.3. The van der Waals surface area contributed by atoms with Crippen LogP contribution in [0.1, 0.15) is 31.9 Å². The SMILES string of the molecule is CC(C)(C)OC(=O)N1CCN(c2ccc(C#N)cc2OCc2ccccc2)CC1. The Labute approximate surface area is 172 Å². The number of nitriles is 1. The largest absolute Gasteiger partial charge is 0.487 e. The van der Waals surface area contributed by atoms with Crippen LogP contribution in [0.25, 0.3) is 0 Å². The Bertz CT molecular complexity index is 876. The fourth-order valence-electron chi connectivity index (χ4n) is 3.15. The second-order valence-corrected chi connectivity index (χ2v) is 8.02. The van der Waals surface area contributed by atoms with Crippen molar-refractivity contribution < 1.29 is 14.3 Å². The number of anilines is 1. The molecule has 1 fully saturated rings. The molecule has 2 aromatic carbocycles. The van der Waals surface area contributed by atoms with Crippen LogP contribution >= 0.6 is 0 Å². The van der Waals surface area contributed by atoms with Gasteiger partial charge in [-0.15, -0.1) is 0 Å². The average molecular weight is 393 g/mol. The number of hydrogen-bond donors (Lipinski definition) is 0. The molecule has 1 saturated heterocycles. The van der Waals surface area contributed by atoms with Gasteiger partial charge in [-0.3, -0.25) is 0 Å². The summed E-state index contributed by atoms with van der Waals surface area (Å²) >= 11 is 0. The first kappa shape index (κ1) is 20.5. The molecular weight excluding hydrogens is 366 g/mol. The molecule has 0 aliphatic carbocycles. The highest BCUT2D eigenvalue weighted by molar-refractivity contribution is 5.69. The fraction of sp³-hybridized carbons (Fsp3) is 0.391.